The van der Waals surface area contributed by atoms with Crippen molar-refractivity contribution in [3.63, 3.8) is 0 Å². The standard InChI is InChI=1S/C23H20FN5O4/c1-29(23(31)18-13-19(32-27-18)16-7-9-17(24)10-8-16)12-11-20-26-22(33-28-20)21(30)25-14-15-5-3-2-4-6-15/h2-10,13H,11-12,14H2,1H3,(H,25,30). The molecule has 2 aromatic heterocycles. The second-order valence-electron chi connectivity index (χ2n) is 7.24. The molecule has 0 saturated carbocycles. The van der Waals surface area contributed by atoms with Gasteiger partial charge in [0.05, 0.1) is 0 Å². The molecule has 33 heavy (non-hydrogen) atoms. The predicted molar refractivity (Wildman–Crippen MR) is 114 cm³/mol. The quantitative estimate of drug-likeness (QED) is 0.440. The highest BCUT2D eigenvalue weighted by Gasteiger charge is 2.19. The maximum absolute atomic E-state index is 13.1. The molecule has 0 aliphatic carbocycles. The van der Waals surface area contributed by atoms with Gasteiger partial charge in [0.1, 0.15) is 5.82 Å². The second kappa shape index (κ2) is 9.86. The van der Waals surface area contributed by atoms with Crippen LogP contribution in [0.5, 0.6) is 0 Å². The molecule has 0 radical (unpaired) electrons. The largest absolute Gasteiger partial charge is 0.355 e. The molecule has 0 atom stereocenters. The van der Waals surface area contributed by atoms with E-state index in [2.05, 4.69) is 20.6 Å². The van der Waals surface area contributed by atoms with E-state index in [-0.39, 0.29) is 36.3 Å². The SMILES string of the molecule is CN(CCc1noc(C(=O)NCc2ccccc2)n1)C(=O)c1cc(-c2ccc(F)cc2)on1. The molecule has 0 bridgehead atoms. The van der Waals surface area contributed by atoms with Crippen molar-refractivity contribution in [2.45, 2.75) is 13.0 Å². The van der Waals surface area contributed by atoms with Crippen molar-refractivity contribution in [2.75, 3.05) is 13.6 Å². The van der Waals surface area contributed by atoms with Crippen LogP contribution in [-0.4, -0.2) is 45.6 Å². The predicted octanol–water partition coefficient (Wildman–Crippen LogP) is 3.11. The number of nitrogens with one attached hydrogen (secondary N) is 1. The number of likely N-dealkylation sites (N-methyl/N-ethyl adjacent to an activating group) is 1. The molecule has 9 nitrogen and oxygen atoms in total. The van der Waals surface area contributed by atoms with Crippen molar-refractivity contribution < 1.29 is 23.0 Å². The van der Waals surface area contributed by atoms with Crippen LogP contribution in [0, 0.1) is 5.82 Å². The van der Waals surface area contributed by atoms with Crippen molar-refractivity contribution in [3.05, 3.63) is 89.5 Å². The molecule has 0 aliphatic heterocycles. The van der Waals surface area contributed by atoms with Crippen LogP contribution in [0.25, 0.3) is 11.3 Å². The minimum absolute atomic E-state index is 0.117. The summed E-state index contributed by atoms with van der Waals surface area (Å²) in [5, 5.41) is 10.3. The van der Waals surface area contributed by atoms with Gasteiger partial charge >= 0.3 is 11.8 Å². The van der Waals surface area contributed by atoms with E-state index >= 15 is 0 Å². The number of carbonyl (C=O) groups is 2. The Labute approximate surface area is 188 Å². The number of benzene rings is 2. The lowest BCUT2D eigenvalue weighted by molar-refractivity contribution is 0.0785. The first kappa shape index (κ1) is 21.9. The fourth-order valence-electron chi connectivity index (χ4n) is 2.99. The summed E-state index contributed by atoms with van der Waals surface area (Å²) < 4.78 is 23.3. The van der Waals surface area contributed by atoms with Gasteiger partial charge in [-0.2, -0.15) is 4.98 Å². The second-order valence-corrected chi connectivity index (χ2v) is 7.24. The number of hydrogen-bond acceptors (Lipinski definition) is 7. The molecule has 0 saturated heterocycles. The van der Waals surface area contributed by atoms with E-state index < -0.39 is 5.91 Å². The highest BCUT2D eigenvalue weighted by molar-refractivity contribution is 5.93. The molecule has 4 rings (SSSR count). The zero-order valence-corrected chi connectivity index (χ0v) is 17.7. The Morgan fingerprint density at radius 3 is 2.55 bits per heavy atom. The zero-order valence-electron chi connectivity index (χ0n) is 17.7. The number of aromatic nitrogens is 3. The summed E-state index contributed by atoms with van der Waals surface area (Å²) in [6, 6.07) is 16.6. The zero-order chi connectivity index (χ0) is 23.2. The molecular weight excluding hydrogens is 429 g/mol. The summed E-state index contributed by atoms with van der Waals surface area (Å²) in [6.45, 7) is 0.606. The Morgan fingerprint density at radius 2 is 1.79 bits per heavy atom. The molecule has 2 amide bonds. The van der Waals surface area contributed by atoms with Crippen molar-refractivity contribution >= 4 is 11.8 Å². The fourth-order valence-corrected chi connectivity index (χ4v) is 2.99. The summed E-state index contributed by atoms with van der Waals surface area (Å²) in [6.07, 6.45) is 0.278. The number of amides is 2. The highest BCUT2D eigenvalue weighted by atomic mass is 19.1. The summed E-state index contributed by atoms with van der Waals surface area (Å²) >= 11 is 0. The average molecular weight is 449 g/mol. The van der Waals surface area contributed by atoms with Crippen LogP contribution in [-0.2, 0) is 13.0 Å². The van der Waals surface area contributed by atoms with Crippen LogP contribution >= 0.6 is 0 Å². The van der Waals surface area contributed by atoms with Gasteiger partial charge in [0, 0.05) is 38.2 Å². The molecule has 2 aromatic carbocycles. The molecule has 0 fully saturated rings. The third-order valence-corrected chi connectivity index (χ3v) is 4.83. The summed E-state index contributed by atoms with van der Waals surface area (Å²) in [5.41, 5.74) is 1.67. The Balaban J connectivity index is 1.29. The third-order valence-electron chi connectivity index (χ3n) is 4.83. The van der Waals surface area contributed by atoms with E-state index in [1.165, 1.54) is 35.2 Å². The van der Waals surface area contributed by atoms with E-state index in [1.807, 2.05) is 30.3 Å². The summed E-state index contributed by atoms with van der Waals surface area (Å²) in [7, 11) is 1.60. The summed E-state index contributed by atoms with van der Waals surface area (Å²) in [4.78, 5) is 30.3. The maximum atomic E-state index is 13.1. The van der Waals surface area contributed by atoms with Crippen molar-refractivity contribution in [3.8, 4) is 11.3 Å². The number of halogens is 1. The van der Waals surface area contributed by atoms with Gasteiger partial charge in [-0.3, -0.25) is 9.59 Å². The number of nitrogens with zero attached hydrogens (tertiary/aromatic N) is 4. The Kier molecular flexibility index (Phi) is 6.53. The van der Waals surface area contributed by atoms with Gasteiger partial charge in [0.15, 0.2) is 17.3 Å². The molecule has 0 aliphatic rings. The van der Waals surface area contributed by atoms with Gasteiger partial charge < -0.3 is 19.3 Å². The van der Waals surface area contributed by atoms with E-state index in [4.69, 9.17) is 9.05 Å². The van der Waals surface area contributed by atoms with E-state index in [0.717, 1.165) is 5.56 Å². The van der Waals surface area contributed by atoms with Crippen LogP contribution in [0.15, 0.2) is 69.7 Å². The highest BCUT2D eigenvalue weighted by Crippen LogP contribution is 2.21. The monoisotopic (exact) mass is 449 g/mol. The minimum Gasteiger partial charge on any atom is -0.355 e. The molecule has 4 aromatic rings. The molecule has 2 heterocycles. The van der Waals surface area contributed by atoms with Crippen LogP contribution in [0.1, 0.15) is 32.6 Å². The topological polar surface area (TPSA) is 114 Å². The van der Waals surface area contributed by atoms with Crippen LogP contribution in [0.2, 0.25) is 0 Å². The van der Waals surface area contributed by atoms with Crippen LogP contribution < -0.4 is 5.32 Å². The third kappa shape index (κ3) is 5.48. The normalized spacial score (nSPS) is 10.7. The lowest BCUT2D eigenvalue weighted by Crippen LogP contribution is -2.29. The van der Waals surface area contributed by atoms with Gasteiger partial charge in [-0.05, 0) is 29.8 Å². The van der Waals surface area contributed by atoms with Crippen LogP contribution in [0.4, 0.5) is 4.39 Å². The smallest absolute Gasteiger partial charge is 0.315 e. The van der Waals surface area contributed by atoms with Crippen LogP contribution in [0.3, 0.4) is 0 Å². The molecular formula is C23H20FN5O4. The first-order chi connectivity index (χ1) is 16.0. The minimum atomic E-state index is -0.474. The number of rotatable bonds is 8. The van der Waals surface area contributed by atoms with E-state index in [0.29, 0.717) is 23.7 Å². The molecule has 1 N–H and O–H groups in total. The molecule has 168 valence electrons. The van der Waals surface area contributed by atoms with Crippen molar-refractivity contribution in [1.29, 1.82) is 0 Å². The van der Waals surface area contributed by atoms with Gasteiger partial charge in [0.25, 0.3) is 5.91 Å². The first-order valence-electron chi connectivity index (χ1n) is 10.1. The lowest BCUT2D eigenvalue weighted by Gasteiger charge is -2.13. The maximum Gasteiger partial charge on any atom is 0.315 e. The lowest BCUT2D eigenvalue weighted by atomic mass is 10.1. The van der Waals surface area contributed by atoms with Gasteiger partial charge in [0.2, 0.25) is 0 Å². The summed E-state index contributed by atoms with van der Waals surface area (Å²) in [5.74, 6) is -0.694. The van der Waals surface area contributed by atoms with Crippen molar-refractivity contribution in [1.82, 2.24) is 25.5 Å². The Hall–Kier alpha value is -4.34. The van der Waals surface area contributed by atoms with E-state index in [1.54, 1.807) is 7.05 Å². The average Bonchev–Trinajstić information content (AvgIpc) is 3.52. The van der Waals surface area contributed by atoms with Gasteiger partial charge in [-0.1, -0.05) is 40.6 Å². The molecule has 10 heteroatoms. The van der Waals surface area contributed by atoms with Crippen molar-refractivity contribution in [2.24, 2.45) is 0 Å². The van der Waals surface area contributed by atoms with Gasteiger partial charge in [-0.25, -0.2) is 4.39 Å². The van der Waals surface area contributed by atoms with E-state index in [9.17, 15) is 14.0 Å². The molecule has 0 spiro atoms. The number of carbonyl (C=O) groups excluding carboxylic acids is 2. The Morgan fingerprint density at radius 1 is 1.03 bits per heavy atom. The van der Waals surface area contributed by atoms with Gasteiger partial charge in [-0.15, -0.1) is 0 Å². The first-order valence-corrected chi connectivity index (χ1v) is 10.1. The molecule has 0 unspecified atom stereocenters. The number of hydrogen-bond donors (Lipinski definition) is 1. The Bertz CT molecular complexity index is 1240. The fraction of sp³-hybridized carbons (Fsp3) is 0.174.